The Balaban J connectivity index is 2.56. The van der Waals surface area contributed by atoms with Gasteiger partial charge in [0.2, 0.25) is 0 Å². The van der Waals surface area contributed by atoms with Crippen LogP contribution in [0.2, 0.25) is 6.04 Å². The van der Waals surface area contributed by atoms with E-state index >= 15 is 0 Å². The fourth-order valence-corrected chi connectivity index (χ4v) is 6.08. The highest BCUT2D eigenvalue weighted by molar-refractivity contribution is 6.60. The summed E-state index contributed by atoms with van der Waals surface area (Å²) in [5.41, 5.74) is 0. The van der Waals surface area contributed by atoms with Crippen molar-refractivity contribution in [1.82, 2.24) is 0 Å². The molecule has 8 heteroatoms. The smallest absolute Gasteiger partial charge is 0.390 e. The molecule has 1 aliphatic rings. The van der Waals surface area contributed by atoms with Gasteiger partial charge in [0.25, 0.3) is 0 Å². The normalized spacial score (nSPS) is 24.1. The Hall–Kier alpha value is -0.0631. The highest BCUT2D eigenvalue weighted by Crippen LogP contribution is 2.32. The molecular formula is C18H38O7Si. The van der Waals surface area contributed by atoms with Gasteiger partial charge in [-0.1, -0.05) is 0 Å². The lowest BCUT2D eigenvalue weighted by Gasteiger charge is -2.35. The van der Waals surface area contributed by atoms with E-state index in [9.17, 15) is 5.11 Å². The Labute approximate surface area is 159 Å². The number of ether oxygens (including phenoxy) is 3. The zero-order valence-electron chi connectivity index (χ0n) is 16.9. The van der Waals surface area contributed by atoms with Gasteiger partial charge in [-0.25, -0.2) is 0 Å². The molecular weight excluding hydrogens is 356 g/mol. The fraction of sp³-hybridized carbons (Fsp3) is 1.00. The lowest BCUT2D eigenvalue weighted by atomic mass is 9.84. The minimum atomic E-state index is -2.69. The highest BCUT2D eigenvalue weighted by atomic mass is 28.4. The molecule has 0 radical (unpaired) electrons. The zero-order chi connectivity index (χ0) is 19.3. The Kier molecular flexibility index (Phi) is 12.9. The Morgan fingerprint density at radius 1 is 0.885 bits per heavy atom. The predicted molar refractivity (Wildman–Crippen MR) is 101 cm³/mol. The number of aliphatic hydroxyl groups excluding tert-OH is 1. The van der Waals surface area contributed by atoms with E-state index in [1.54, 1.807) is 14.2 Å². The summed E-state index contributed by atoms with van der Waals surface area (Å²) < 4.78 is 33.9. The second-order valence-electron chi connectivity index (χ2n) is 6.58. The Morgan fingerprint density at radius 3 is 2.15 bits per heavy atom. The molecule has 0 spiro atoms. The second-order valence-corrected chi connectivity index (χ2v) is 9.31. The standard InChI is InChI=1S/C18H38O7Si/c1-5-23-26(24-6-2,25-13-11-21-4)14-9-16-7-8-17(19)18(15-16)22-12-10-20-3/h16-19H,5-15H2,1-4H3. The van der Waals surface area contributed by atoms with Crippen molar-refractivity contribution in [3.8, 4) is 0 Å². The van der Waals surface area contributed by atoms with Crippen molar-refractivity contribution in [3.05, 3.63) is 0 Å². The van der Waals surface area contributed by atoms with E-state index in [1.807, 2.05) is 13.8 Å². The Morgan fingerprint density at radius 2 is 1.54 bits per heavy atom. The summed E-state index contributed by atoms with van der Waals surface area (Å²) in [6.07, 6.45) is 3.06. The highest BCUT2D eigenvalue weighted by Gasteiger charge is 2.42. The van der Waals surface area contributed by atoms with Crippen molar-refractivity contribution in [1.29, 1.82) is 0 Å². The maximum Gasteiger partial charge on any atom is 0.501 e. The third kappa shape index (κ3) is 8.75. The summed E-state index contributed by atoms with van der Waals surface area (Å²) >= 11 is 0. The van der Waals surface area contributed by atoms with Gasteiger partial charge in [-0.2, -0.15) is 0 Å². The summed E-state index contributed by atoms with van der Waals surface area (Å²) in [6, 6.07) is 0.782. The van der Waals surface area contributed by atoms with E-state index in [4.69, 9.17) is 27.5 Å². The topological polar surface area (TPSA) is 75.6 Å². The SMILES string of the molecule is CCO[Si](CCC1CCC(O)C(OCCOC)C1)(OCC)OCCOC. The summed E-state index contributed by atoms with van der Waals surface area (Å²) in [7, 11) is 0.619. The first-order valence-corrected chi connectivity index (χ1v) is 11.7. The van der Waals surface area contributed by atoms with Gasteiger partial charge in [-0.3, -0.25) is 0 Å². The van der Waals surface area contributed by atoms with Gasteiger partial charge in [0.1, 0.15) is 0 Å². The molecule has 7 nitrogen and oxygen atoms in total. The van der Waals surface area contributed by atoms with Crippen LogP contribution in [0.4, 0.5) is 0 Å². The van der Waals surface area contributed by atoms with Crippen molar-refractivity contribution in [2.45, 2.75) is 57.8 Å². The molecule has 0 aliphatic heterocycles. The average molecular weight is 395 g/mol. The maximum absolute atomic E-state index is 10.2. The van der Waals surface area contributed by atoms with Gasteiger partial charge in [0.05, 0.1) is 38.6 Å². The second kappa shape index (κ2) is 14.0. The minimum absolute atomic E-state index is 0.117. The molecule has 1 fully saturated rings. The van der Waals surface area contributed by atoms with Gasteiger partial charge in [-0.05, 0) is 45.4 Å². The molecule has 0 aromatic carbocycles. The van der Waals surface area contributed by atoms with Crippen LogP contribution in [-0.4, -0.2) is 80.0 Å². The zero-order valence-corrected chi connectivity index (χ0v) is 17.9. The molecule has 0 saturated heterocycles. The quantitative estimate of drug-likeness (QED) is 0.337. The van der Waals surface area contributed by atoms with E-state index in [-0.39, 0.29) is 12.2 Å². The molecule has 26 heavy (non-hydrogen) atoms. The molecule has 0 aromatic rings. The van der Waals surface area contributed by atoms with Crippen molar-refractivity contribution < 1.29 is 32.6 Å². The lowest BCUT2D eigenvalue weighted by molar-refractivity contribution is -0.0819. The minimum Gasteiger partial charge on any atom is -0.390 e. The molecule has 1 rings (SSSR count). The predicted octanol–water partition coefficient (Wildman–Crippen LogP) is 2.24. The number of methoxy groups -OCH3 is 2. The van der Waals surface area contributed by atoms with Crippen molar-refractivity contribution >= 4 is 8.80 Å². The first-order valence-electron chi connectivity index (χ1n) is 9.80. The summed E-state index contributed by atoms with van der Waals surface area (Å²) in [6.45, 7) is 7.16. The number of hydrogen-bond donors (Lipinski definition) is 1. The van der Waals surface area contributed by atoms with Crippen LogP contribution in [0.15, 0.2) is 0 Å². The van der Waals surface area contributed by atoms with Gasteiger partial charge < -0.3 is 32.6 Å². The molecule has 3 unspecified atom stereocenters. The van der Waals surface area contributed by atoms with Crippen LogP contribution in [0.5, 0.6) is 0 Å². The first kappa shape index (κ1) is 24.0. The van der Waals surface area contributed by atoms with Gasteiger partial charge in [0.15, 0.2) is 0 Å². The van der Waals surface area contributed by atoms with E-state index < -0.39 is 8.80 Å². The summed E-state index contributed by atoms with van der Waals surface area (Å²) in [5.74, 6) is 0.477. The van der Waals surface area contributed by atoms with E-state index in [2.05, 4.69) is 0 Å². The van der Waals surface area contributed by atoms with Crippen LogP contribution in [0.3, 0.4) is 0 Å². The first-order chi connectivity index (χ1) is 12.6. The number of rotatable bonds is 15. The third-order valence-corrected chi connectivity index (χ3v) is 7.68. The third-order valence-electron chi connectivity index (χ3n) is 4.68. The average Bonchev–Trinajstić information content (AvgIpc) is 2.63. The molecule has 0 aromatic heterocycles. The Bertz CT molecular complexity index is 340. The molecule has 1 aliphatic carbocycles. The molecule has 1 N–H and O–H groups in total. The molecule has 3 atom stereocenters. The van der Waals surface area contributed by atoms with E-state index in [1.165, 1.54) is 0 Å². The van der Waals surface area contributed by atoms with E-state index in [0.717, 1.165) is 31.7 Å². The van der Waals surface area contributed by atoms with Crippen molar-refractivity contribution in [2.24, 2.45) is 5.92 Å². The van der Waals surface area contributed by atoms with E-state index in [0.29, 0.717) is 45.6 Å². The molecule has 1 saturated carbocycles. The maximum atomic E-state index is 10.2. The number of aliphatic hydroxyl groups is 1. The van der Waals surface area contributed by atoms with Crippen LogP contribution in [0.25, 0.3) is 0 Å². The van der Waals surface area contributed by atoms with Crippen LogP contribution in [0, 0.1) is 5.92 Å². The molecule has 0 heterocycles. The van der Waals surface area contributed by atoms with Gasteiger partial charge in [-0.15, -0.1) is 0 Å². The van der Waals surface area contributed by atoms with Crippen molar-refractivity contribution in [3.63, 3.8) is 0 Å². The van der Waals surface area contributed by atoms with Crippen molar-refractivity contribution in [2.75, 3.05) is 53.9 Å². The van der Waals surface area contributed by atoms with Gasteiger partial charge >= 0.3 is 8.80 Å². The fourth-order valence-electron chi connectivity index (χ4n) is 3.36. The van der Waals surface area contributed by atoms with Crippen LogP contribution in [-0.2, 0) is 27.5 Å². The summed E-state index contributed by atoms with van der Waals surface area (Å²) in [4.78, 5) is 0. The summed E-state index contributed by atoms with van der Waals surface area (Å²) in [5, 5.41) is 10.2. The molecule has 0 amide bonds. The number of hydrogen-bond acceptors (Lipinski definition) is 7. The van der Waals surface area contributed by atoms with Crippen LogP contribution < -0.4 is 0 Å². The monoisotopic (exact) mass is 394 g/mol. The molecule has 0 bridgehead atoms. The van der Waals surface area contributed by atoms with Gasteiger partial charge in [0, 0.05) is 33.5 Å². The van der Waals surface area contributed by atoms with Crippen LogP contribution >= 0.6 is 0 Å². The molecule has 156 valence electrons. The van der Waals surface area contributed by atoms with Crippen LogP contribution in [0.1, 0.15) is 39.5 Å². The largest absolute Gasteiger partial charge is 0.501 e. The lowest BCUT2D eigenvalue weighted by Crippen LogP contribution is -2.47.